The molecule has 0 fully saturated rings. The molecule has 102 valence electrons. The Bertz CT molecular complexity index is 469. The first-order chi connectivity index (χ1) is 9.38. The SMILES string of the molecule is OCCn1cc(CNCCCc2ccccc2)nn1. The Labute approximate surface area is 113 Å². The predicted molar refractivity (Wildman–Crippen MR) is 73.6 cm³/mol. The minimum atomic E-state index is 0.0906. The summed E-state index contributed by atoms with van der Waals surface area (Å²) in [6.07, 6.45) is 4.06. The number of nitrogens with one attached hydrogen (secondary N) is 1. The van der Waals surface area contributed by atoms with Crippen LogP contribution in [0.15, 0.2) is 36.5 Å². The normalized spacial score (nSPS) is 10.8. The number of aliphatic hydroxyl groups excluding tert-OH is 1. The molecule has 5 heteroatoms. The zero-order valence-corrected chi connectivity index (χ0v) is 11.0. The molecule has 0 amide bonds. The molecule has 5 nitrogen and oxygen atoms in total. The molecule has 0 spiro atoms. The molecule has 0 aliphatic heterocycles. The number of hydrogen-bond donors (Lipinski definition) is 2. The van der Waals surface area contributed by atoms with Crippen molar-refractivity contribution in [3.05, 3.63) is 47.8 Å². The number of rotatable bonds is 8. The molecule has 0 radical (unpaired) electrons. The second-order valence-electron chi connectivity index (χ2n) is 4.46. The lowest BCUT2D eigenvalue weighted by molar-refractivity contribution is 0.268. The third-order valence-electron chi connectivity index (χ3n) is 2.88. The highest BCUT2D eigenvalue weighted by Gasteiger charge is 1.99. The van der Waals surface area contributed by atoms with Crippen molar-refractivity contribution < 1.29 is 5.11 Å². The van der Waals surface area contributed by atoms with Crippen LogP contribution in [0.4, 0.5) is 0 Å². The summed E-state index contributed by atoms with van der Waals surface area (Å²) in [6.45, 7) is 2.27. The summed E-state index contributed by atoms with van der Waals surface area (Å²) in [6, 6.07) is 10.5. The topological polar surface area (TPSA) is 63.0 Å². The van der Waals surface area contributed by atoms with Crippen molar-refractivity contribution >= 4 is 0 Å². The lowest BCUT2D eigenvalue weighted by Crippen LogP contribution is -2.15. The predicted octanol–water partition coefficient (Wildman–Crippen LogP) is 0.993. The van der Waals surface area contributed by atoms with Gasteiger partial charge in [0.05, 0.1) is 18.8 Å². The smallest absolute Gasteiger partial charge is 0.0964 e. The van der Waals surface area contributed by atoms with Gasteiger partial charge in [-0.1, -0.05) is 35.5 Å². The molecule has 0 unspecified atom stereocenters. The van der Waals surface area contributed by atoms with Crippen molar-refractivity contribution in [3.8, 4) is 0 Å². The summed E-state index contributed by atoms with van der Waals surface area (Å²) in [4.78, 5) is 0. The molecular formula is C14H20N4O. The van der Waals surface area contributed by atoms with Crippen molar-refractivity contribution in [2.24, 2.45) is 0 Å². The molecule has 1 aromatic heterocycles. The Balaban J connectivity index is 1.61. The van der Waals surface area contributed by atoms with E-state index in [0.717, 1.165) is 31.6 Å². The zero-order valence-electron chi connectivity index (χ0n) is 11.0. The second kappa shape index (κ2) is 7.66. The van der Waals surface area contributed by atoms with Gasteiger partial charge >= 0.3 is 0 Å². The molecule has 0 aliphatic rings. The van der Waals surface area contributed by atoms with Gasteiger partial charge in [-0.15, -0.1) is 5.10 Å². The molecule has 19 heavy (non-hydrogen) atoms. The lowest BCUT2D eigenvalue weighted by Gasteiger charge is -2.02. The summed E-state index contributed by atoms with van der Waals surface area (Å²) in [5.74, 6) is 0. The van der Waals surface area contributed by atoms with Crippen molar-refractivity contribution in [2.45, 2.75) is 25.9 Å². The number of aromatic nitrogens is 3. The van der Waals surface area contributed by atoms with E-state index in [1.807, 2.05) is 12.3 Å². The van der Waals surface area contributed by atoms with E-state index in [0.29, 0.717) is 6.54 Å². The van der Waals surface area contributed by atoms with Crippen LogP contribution in [0.5, 0.6) is 0 Å². The van der Waals surface area contributed by atoms with E-state index >= 15 is 0 Å². The van der Waals surface area contributed by atoms with Crippen molar-refractivity contribution in [1.82, 2.24) is 20.3 Å². The van der Waals surface area contributed by atoms with E-state index in [9.17, 15) is 0 Å². The summed E-state index contributed by atoms with van der Waals surface area (Å²) in [5, 5.41) is 20.1. The number of aliphatic hydroxyl groups is 1. The second-order valence-corrected chi connectivity index (χ2v) is 4.46. The first-order valence-electron chi connectivity index (χ1n) is 6.63. The molecule has 2 rings (SSSR count). The van der Waals surface area contributed by atoms with Crippen LogP contribution in [0.25, 0.3) is 0 Å². The van der Waals surface area contributed by atoms with Gasteiger partial charge in [0.2, 0.25) is 0 Å². The van der Waals surface area contributed by atoms with Gasteiger partial charge < -0.3 is 10.4 Å². The summed E-state index contributed by atoms with van der Waals surface area (Å²) in [7, 11) is 0. The van der Waals surface area contributed by atoms with Crippen LogP contribution in [-0.4, -0.2) is 33.3 Å². The largest absolute Gasteiger partial charge is 0.394 e. The van der Waals surface area contributed by atoms with E-state index < -0.39 is 0 Å². The standard InChI is InChI=1S/C14H20N4O/c19-10-9-18-12-14(16-17-18)11-15-8-4-7-13-5-2-1-3-6-13/h1-3,5-6,12,15,19H,4,7-11H2. The minimum Gasteiger partial charge on any atom is -0.394 e. The van der Waals surface area contributed by atoms with Gasteiger partial charge in [0, 0.05) is 12.7 Å². The third kappa shape index (κ3) is 4.81. The van der Waals surface area contributed by atoms with Gasteiger partial charge in [0.15, 0.2) is 0 Å². The third-order valence-corrected chi connectivity index (χ3v) is 2.88. The van der Waals surface area contributed by atoms with Crippen LogP contribution >= 0.6 is 0 Å². The Morgan fingerprint density at radius 3 is 2.84 bits per heavy atom. The van der Waals surface area contributed by atoms with Crippen LogP contribution in [0, 0.1) is 0 Å². The number of benzene rings is 1. The van der Waals surface area contributed by atoms with Crippen LogP contribution in [-0.2, 0) is 19.5 Å². The quantitative estimate of drug-likeness (QED) is 0.695. The molecular weight excluding hydrogens is 240 g/mol. The molecule has 0 saturated carbocycles. The fraction of sp³-hybridized carbons (Fsp3) is 0.429. The molecule has 1 heterocycles. The highest BCUT2D eigenvalue weighted by atomic mass is 16.3. The van der Waals surface area contributed by atoms with Gasteiger partial charge in [-0.3, -0.25) is 0 Å². The van der Waals surface area contributed by atoms with Crippen LogP contribution in [0.3, 0.4) is 0 Å². The number of nitrogens with zero attached hydrogens (tertiary/aromatic N) is 3. The summed E-state index contributed by atoms with van der Waals surface area (Å²) >= 11 is 0. The van der Waals surface area contributed by atoms with Gasteiger partial charge in [-0.2, -0.15) is 0 Å². The summed E-state index contributed by atoms with van der Waals surface area (Å²) in [5.41, 5.74) is 2.28. The van der Waals surface area contributed by atoms with E-state index in [-0.39, 0.29) is 6.61 Å². The molecule has 0 saturated heterocycles. The maximum atomic E-state index is 8.78. The molecule has 2 N–H and O–H groups in total. The first kappa shape index (κ1) is 13.7. The minimum absolute atomic E-state index is 0.0906. The van der Waals surface area contributed by atoms with Crippen molar-refractivity contribution in [3.63, 3.8) is 0 Å². The monoisotopic (exact) mass is 260 g/mol. The van der Waals surface area contributed by atoms with E-state index in [4.69, 9.17) is 5.11 Å². The first-order valence-corrected chi connectivity index (χ1v) is 6.63. The van der Waals surface area contributed by atoms with E-state index in [1.165, 1.54) is 5.56 Å². The molecule has 2 aromatic rings. The van der Waals surface area contributed by atoms with Crippen LogP contribution in [0.2, 0.25) is 0 Å². The van der Waals surface area contributed by atoms with E-state index in [1.54, 1.807) is 4.68 Å². The zero-order chi connectivity index (χ0) is 13.3. The molecule has 0 atom stereocenters. The number of aryl methyl sites for hydroxylation is 1. The molecule has 1 aromatic carbocycles. The van der Waals surface area contributed by atoms with Crippen molar-refractivity contribution in [1.29, 1.82) is 0 Å². The summed E-state index contributed by atoms with van der Waals surface area (Å²) < 4.78 is 1.65. The molecule has 0 bridgehead atoms. The Kier molecular flexibility index (Phi) is 5.52. The van der Waals surface area contributed by atoms with Gasteiger partial charge in [-0.05, 0) is 24.9 Å². The van der Waals surface area contributed by atoms with Crippen LogP contribution in [0.1, 0.15) is 17.7 Å². The van der Waals surface area contributed by atoms with Gasteiger partial charge in [-0.25, -0.2) is 4.68 Å². The average molecular weight is 260 g/mol. The van der Waals surface area contributed by atoms with Gasteiger partial charge in [0.25, 0.3) is 0 Å². The maximum absolute atomic E-state index is 8.78. The number of hydrogen-bond acceptors (Lipinski definition) is 4. The molecule has 0 aliphatic carbocycles. The van der Waals surface area contributed by atoms with Gasteiger partial charge in [0.1, 0.15) is 0 Å². The van der Waals surface area contributed by atoms with E-state index in [2.05, 4.69) is 39.9 Å². The Morgan fingerprint density at radius 2 is 2.05 bits per heavy atom. The van der Waals surface area contributed by atoms with Crippen molar-refractivity contribution in [2.75, 3.05) is 13.2 Å². The highest BCUT2D eigenvalue weighted by Crippen LogP contribution is 2.01. The Morgan fingerprint density at radius 1 is 1.21 bits per heavy atom. The lowest BCUT2D eigenvalue weighted by atomic mass is 10.1. The highest BCUT2D eigenvalue weighted by molar-refractivity contribution is 5.14. The van der Waals surface area contributed by atoms with Crippen LogP contribution < -0.4 is 5.32 Å². The fourth-order valence-corrected chi connectivity index (χ4v) is 1.91. The average Bonchev–Trinajstić information content (AvgIpc) is 2.88. The Hall–Kier alpha value is -1.72. The fourth-order valence-electron chi connectivity index (χ4n) is 1.91. The maximum Gasteiger partial charge on any atom is 0.0964 e.